The van der Waals surface area contributed by atoms with Crippen molar-refractivity contribution >= 4 is 11.6 Å². The van der Waals surface area contributed by atoms with Crippen molar-refractivity contribution < 1.29 is 4.39 Å². The molecule has 2 rings (SSSR count). The van der Waals surface area contributed by atoms with Crippen molar-refractivity contribution in [1.82, 2.24) is 5.32 Å². The summed E-state index contributed by atoms with van der Waals surface area (Å²) in [4.78, 5) is 0. The van der Waals surface area contributed by atoms with Gasteiger partial charge in [-0.25, -0.2) is 4.39 Å². The van der Waals surface area contributed by atoms with Gasteiger partial charge in [0.1, 0.15) is 6.17 Å². The van der Waals surface area contributed by atoms with E-state index in [1.807, 2.05) is 12.1 Å². The standard InChI is InChI=1S/C13H17ClFN/c14-12-6-2-1-5-11(12)13(15)10-4-3-8-16-9-7-10/h1-2,5-6,10,13,16H,3-4,7-9H2. The topological polar surface area (TPSA) is 12.0 Å². The molecule has 88 valence electrons. The number of halogens is 2. The quantitative estimate of drug-likeness (QED) is 0.832. The maximum Gasteiger partial charge on any atom is 0.129 e. The molecule has 1 aliphatic heterocycles. The second kappa shape index (κ2) is 5.65. The van der Waals surface area contributed by atoms with Gasteiger partial charge < -0.3 is 5.32 Å². The lowest BCUT2D eigenvalue weighted by atomic mass is 9.91. The van der Waals surface area contributed by atoms with Gasteiger partial charge in [0.25, 0.3) is 0 Å². The Labute approximate surface area is 101 Å². The fourth-order valence-electron chi connectivity index (χ4n) is 2.29. The predicted octanol–water partition coefficient (Wildman–Crippen LogP) is 3.74. The van der Waals surface area contributed by atoms with Crippen molar-refractivity contribution in [3.63, 3.8) is 0 Å². The molecule has 0 aliphatic carbocycles. The average Bonchev–Trinajstić information content (AvgIpc) is 2.57. The van der Waals surface area contributed by atoms with Gasteiger partial charge >= 0.3 is 0 Å². The molecule has 1 aromatic rings. The fourth-order valence-corrected chi connectivity index (χ4v) is 2.53. The molecule has 0 aromatic heterocycles. The number of hydrogen-bond acceptors (Lipinski definition) is 1. The van der Waals surface area contributed by atoms with Gasteiger partial charge in [0, 0.05) is 10.6 Å². The average molecular weight is 242 g/mol. The van der Waals surface area contributed by atoms with Crippen LogP contribution >= 0.6 is 11.6 Å². The van der Waals surface area contributed by atoms with Crippen LogP contribution in [0.1, 0.15) is 31.0 Å². The van der Waals surface area contributed by atoms with E-state index in [4.69, 9.17) is 11.6 Å². The summed E-state index contributed by atoms with van der Waals surface area (Å²) in [6.45, 7) is 1.92. The molecule has 2 unspecified atom stereocenters. The summed E-state index contributed by atoms with van der Waals surface area (Å²) >= 11 is 6.02. The zero-order valence-electron chi connectivity index (χ0n) is 9.26. The summed E-state index contributed by atoms with van der Waals surface area (Å²) in [5.41, 5.74) is 0.649. The fraction of sp³-hybridized carbons (Fsp3) is 0.538. The van der Waals surface area contributed by atoms with Crippen molar-refractivity contribution in [3.05, 3.63) is 34.9 Å². The van der Waals surface area contributed by atoms with Crippen LogP contribution in [-0.4, -0.2) is 13.1 Å². The summed E-state index contributed by atoms with van der Waals surface area (Å²) in [7, 11) is 0. The van der Waals surface area contributed by atoms with E-state index in [2.05, 4.69) is 5.32 Å². The molecular formula is C13H17ClFN. The van der Waals surface area contributed by atoms with Crippen LogP contribution in [0.4, 0.5) is 4.39 Å². The zero-order valence-corrected chi connectivity index (χ0v) is 10.0. The molecule has 0 radical (unpaired) electrons. The molecular weight excluding hydrogens is 225 g/mol. The maximum atomic E-state index is 14.3. The highest BCUT2D eigenvalue weighted by Crippen LogP contribution is 2.36. The Morgan fingerprint density at radius 2 is 2.06 bits per heavy atom. The molecule has 3 heteroatoms. The van der Waals surface area contributed by atoms with E-state index < -0.39 is 6.17 Å². The van der Waals surface area contributed by atoms with Crippen LogP contribution in [0.15, 0.2) is 24.3 Å². The van der Waals surface area contributed by atoms with Gasteiger partial charge in [0.05, 0.1) is 0 Å². The third-order valence-electron chi connectivity index (χ3n) is 3.24. The van der Waals surface area contributed by atoms with Gasteiger partial charge in [0.15, 0.2) is 0 Å². The van der Waals surface area contributed by atoms with Crippen LogP contribution in [0, 0.1) is 5.92 Å². The van der Waals surface area contributed by atoms with Crippen LogP contribution in [0.3, 0.4) is 0 Å². The highest BCUT2D eigenvalue weighted by molar-refractivity contribution is 6.31. The lowest BCUT2D eigenvalue weighted by molar-refractivity contribution is 0.215. The Morgan fingerprint density at radius 1 is 1.25 bits per heavy atom. The van der Waals surface area contributed by atoms with E-state index in [0.717, 1.165) is 32.4 Å². The Morgan fingerprint density at radius 3 is 2.88 bits per heavy atom. The lowest BCUT2D eigenvalue weighted by Gasteiger charge is -2.20. The number of alkyl halides is 1. The third-order valence-corrected chi connectivity index (χ3v) is 3.58. The number of benzene rings is 1. The Bertz CT molecular complexity index is 334. The summed E-state index contributed by atoms with van der Waals surface area (Å²) in [5.74, 6) is 0.106. The molecule has 1 heterocycles. The van der Waals surface area contributed by atoms with Crippen LogP contribution in [-0.2, 0) is 0 Å². The molecule has 1 aliphatic rings. The molecule has 16 heavy (non-hydrogen) atoms. The minimum absolute atomic E-state index is 0.106. The van der Waals surface area contributed by atoms with Crippen molar-refractivity contribution in [3.8, 4) is 0 Å². The smallest absolute Gasteiger partial charge is 0.129 e. The monoisotopic (exact) mass is 241 g/mol. The molecule has 0 spiro atoms. The van der Waals surface area contributed by atoms with Crippen molar-refractivity contribution in [2.24, 2.45) is 5.92 Å². The highest BCUT2D eigenvalue weighted by atomic mass is 35.5. The van der Waals surface area contributed by atoms with Crippen LogP contribution in [0.2, 0.25) is 5.02 Å². The Hall–Kier alpha value is -0.600. The molecule has 1 fully saturated rings. The predicted molar refractivity (Wildman–Crippen MR) is 65.5 cm³/mol. The molecule has 0 amide bonds. The largest absolute Gasteiger partial charge is 0.317 e. The molecule has 1 nitrogen and oxygen atoms in total. The van der Waals surface area contributed by atoms with E-state index in [1.165, 1.54) is 0 Å². The van der Waals surface area contributed by atoms with E-state index >= 15 is 0 Å². The van der Waals surface area contributed by atoms with Crippen LogP contribution < -0.4 is 5.32 Å². The summed E-state index contributed by atoms with van der Waals surface area (Å²) in [6, 6.07) is 7.25. The highest BCUT2D eigenvalue weighted by Gasteiger charge is 2.25. The summed E-state index contributed by atoms with van der Waals surface area (Å²) < 4.78 is 14.3. The van der Waals surface area contributed by atoms with Gasteiger partial charge in [-0.05, 0) is 44.3 Å². The molecule has 0 saturated carbocycles. The van der Waals surface area contributed by atoms with Crippen molar-refractivity contribution in [2.75, 3.05) is 13.1 Å². The minimum Gasteiger partial charge on any atom is -0.317 e. The van der Waals surface area contributed by atoms with Gasteiger partial charge in [-0.2, -0.15) is 0 Å². The second-order valence-electron chi connectivity index (χ2n) is 4.36. The molecule has 1 aromatic carbocycles. The van der Waals surface area contributed by atoms with E-state index in [-0.39, 0.29) is 5.92 Å². The Kier molecular flexibility index (Phi) is 4.19. The SMILES string of the molecule is FC(c1ccccc1Cl)C1CCCNCC1. The van der Waals surface area contributed by atoms with Gasteiger partial charge in [0.2, 0.25) is 0 Å². The minimum atomic E-state index is -0.923. The molecule has 1 saturated heterocycles. The first kappa shape index (κ1) is 11.9. The number of hydrogen-bond donors (Lipinski definition) is 1. The lowest BCUT2D eigenvalue weighted by Crippen LogP contribution is -2.15. The van der Waals surface area contributed by atoms with E-state index in [0.29, 0.717) is 10.6 Å². The van der Waals surface area contributed by atoms with E-state index in [1.54, 1.807) is 12.1 Å². The molecule has 0 bridgehead atoms. The molecule has 2 atom stereocenters. The summed E-state index contributed by atoms with van der Waals surface area (Å²) in [6.07, 6.45) is 1.97. The van der Waals surface area contributed by atoms with Crippen LogP contribution in [0.5, 0.6) is 0 Å². The number of nitrogens with one attached hydrogen (secondary N) is 1. The van der Waals surface area contributed by atoms with Crippen molar-refractivity contribution in [1.29, 1.82) is 0 Å². The van der Waals surface area contributed by atoms with Gasteiger partial charge in [-0.1, -0.05) is 29.8 Å². The first-order valence-corrected chi connectivity index (χ1v) is 6.26. The third kappa shape index (κ3) is 2.74. The van der Waals surface area contributed by atoms with Crippen molar-refractivity contribution in [2.45, 2.75) is 25.4 Å². The second-order valence-corrected chi connectivity index (χ2v) is 4.77. The molecule has 1 N–H and O–H groups in total. The maximum absolute atomic E-state index is 14.3. The van der Waals surface area contributed by atoms with Crippen LogP contribution in [0.25, 0.3) is 0 Å². The Balaban J connectivity index is 2.11. The first-order chi connectivity index (χ1) is 7.79. The normalized spacial score (nSPS) is 23.8. The first-order valence-electron chi connectivity index (χ1n) is 5.88. The van der Waals surface area contributed by atoms with Gasteiger partial charge in [-0.15, -0.1) is 0 Å². The van der Waals surface area contributed by atoms with E-state index in [9.17, 15) is 4.39 Å². The summed E-state index contributed by atoms with van der Waals surface area (Å²) in [5, 5.41) is 3.85. The zero-order chi connectivity index (χ0) is 11.4. The van der Waals surface area contributed by atoms with Gasteiger partial charge in [-0.3, -0.25) is 0 Å². The number of rotatable bonds is 2.